The van der Waals surface area contributed by atoms with Crippen molar-refractivity contribution < 1.29 is 26.7 Å². The van der Waals surface area contributed by atoms with Crippen LogP contribution in [0, 0.1) is 12.7 Å². The summed E-state index contributed by atoms with van der Waals surface area (Å²) in [5.41, 5.74) is 0.435. The molecule has 12 heteroatoms. The van der Waals surface area contributed by atoms with Crippen LogP contribution in [-0.2, 0) is 12.8 Å². The van der Waals surface area contributed by atoms with Crippen molar-refractivity contribution in [3.63, 3.8) is 0 Å². The lowest BCUT2D eigenvalue weighted by atomic mass is 10.1. The smallest absolute Gasteiger partial charge is 0.433 e. The number of aromatic nitrogens is 5. The van der Waals surface area contributed by atoms with Crippen LogP contribution in [-0.4, -0.2) is 24.6 Å². The van der Waals surface area contributed by atoms with E-state index in [9.17, 15) is 17.6 Å². The highest BCUT2D eigenvalue weighted by molar-refractivity contribution is 7.26. The maximum Gasteiger partial charge on any atom is 0.433 e. The number of benzene rings is 1. The minimum Gasteiger partial charge on any atom is -0.486 e. The normalized spacial score (nSPS) is 12.3. The molecule has 0 radical (unpaired) electrons. The lowest BCUT2D eigenvalue weighted by Gasteiger charge is -2.06. The van der Waals surface area contributed by atoms with Gasteiger partial charge in [0.2, 0.25) is 5.82 Å². The average Bonchev–Trinajstić information content (AvgIpc) is 3.53. The molecule has 0 amide bonds. The zero-order chi connectivity index (χ0) is 24.3. The van der Waals surface area contributed by atoms with Crippen LogP contribution in [0.25, 0.3) is 37.7 Å². The predicted molar refractivity (Wildman–Crippen MR) is 120 cm³/mol. The van der Waals surface area contributed by atoms with Gasteiger partial charge in [0.1, 0.15) is 45.5 Å². The van der Waals surface area contributed by atoms with Crippen molar-refractivity contribution in [1.29, 1.82) is 0 Å². The number of thiophene rings is 1. The van der Waals surface area contributed by atoms with E-state index in [0.29, 0.717) is 44.1 Å². The molecular formula is C23H13F4N5O2S. The summed E-state index contributed by atoms with van der Waals surface area (Å²) >= 11 is 1.08. The third-order valence-corrected chi connectivity index (χ3v) is 6.40. The average molecular weight is 499 g/mol. The Morgan fingerprint density at radius 2 is 1.89 bits per heavy atom. The Labute approximate surface area is 197 Å². The Morgan fingerprint density at radius 3 is 2.66 bits per heavy atom. The van der Waals surface area contributed by atoms with Crippen molar-refractivity contribution in [1.82, 2.24) is 24.6 Å². The SMILES string of the molecule is Cc1cc(C(F)(F)F)nc2sc3c(ncn4nc(-c5ccc(COc6ccc(F)cc6)o5)nc34)c12. The quantitative estimate of drug-likeness (QED) is 0.269. The number of hydrogen-bond donors (Lipinski definition) is 0. The van der Waals surface area contributed by atoms with Crippen LogP contribution in [0.15, 0.2) is 53.2 Å². The maximum absolute atomic E-state index is 13.2. The molecule has 0 fully saturated rings. The fraction of sp³-hybridized carbons (Fsp3) is 0.130. The molecule has 0 atom stereocenters. The highest BCUT2D eigenvalue weighted by Crippen LogP contribution is 2.38. The summed E-state index contributed by atoms with van der Waals surface area (Å²) in [5.74, 6) is 1.31. The Morgan fingerprint density at radius 1 is 1.09 bits per heavy atom. The van der Waals surface area contributed by atoms with Crippen molar-refractivity contribution in [2.45, 2.75) is 19.7 Å². The first kappa shape index (κ1) is 21.5. The van der Waals surface area contributed by atoms with E-state index in [1.54, 1.807) is 19.1 Å². The Kier molecular flexibility index (Phi) is 4.74. The monoisotopic (exact) mass is 499 g/mol. The zero-order valence-electron chi connectivity index (χ0n) is 17.8. The minimum atomic E-state index is -4.54. The first-order valence-corrected chi connectivity index (χ1v) is 11.1. The molecule has 5 aromatic heterocycles. The molecule has 5 heterocycles. The number of alkyl halides is 3. The molecule has 0 aliphatic heterocycles. The molecule has 0 bridgehead atoms. The molecule has 0 unspecified atom stereocenters. The van der Waals surface area contributed by atoms with Gasteiger partial charge in [-0.1, -0.05) is 0 Å². The molecule has 7 nitrogen and oxygen atoms in total. The first-order valence-electron chi connectivity index (χ1n) is 10.3. The minimum absolute atomic E-state index is 0.119. The summed E-state index contributed by atoms with van der Waals surface area (Å²) in [7, 11) is 0. The van der Waals surface area contributed by atoms with Crippen molar-refractivity contribution in [2.75, 3.05) is 0 Å². The van der Waals surface area contributed by atoms with Gasteiger partial charge in [-0.2, -0.15) is 13.2 Å². The van der Waals surface area contributed by atoms with Crippen molar-refractivity contribution in [2.24, 2.45) is 0 Å². The summed E-state index contributed by atoms with van der Waals surface area (Å²) in [5, 5.41) is 4.96. The summed E-state index contributed by atoms with van der Waals surface area (Å²) in [6.07, 6.45) is -3.09. The van der Waals surface area contributed by atoms with Gasteiger partial charge in [0.25, 0.3) is 0 Å². The molecular weight excluding hydrogens is 486 g/mol. The summed E-state index contributed by atoms with van der Waals surface area (Å²) < 4.78 is 66.1. The molecule has 35 heavy (non-hydrogen) atoms. The van der Waals surface area contributed by atoms with E-state index < -0.39 is 11.9 Å². The number of hydrogen-bond acceptors (Lipinski definition) is 7. The lowest BCUT2D eigenvalue weighted by Crippen LogP contribution is -2.07. The van der Waals surface area contributed by atoms with E-state index in [2.05, 4.69) is 20.1 Å². The van der Waals surface area contributed by atoms with Crippen LogP contribution in [0.1, 0.15) is 17.0 Å². The molecule has 1 aromatic carbocycles. The number of halogens is 4. The molecule has 6 aromatic rings. The first-order chi connectivity index (χ1) is 16.8. The Balaban J connectivity index is 1.36. The molecule has 0 aliphatic rings. The summed E-state index contributed by atoms with van der Waals surface area (Å²) in [6, 6.07) is 10.0. The number of pyridine rings is 1. The van der Waals surface area contributed by atoms with Crippen LogP contribution >= 0.6 is 11.3 Å². The van der Waals surface area contributed by atoms with E-state index >= 15 is 0 Å². The molecule has 6 rings (SSSR count). The van der Waals surface area contributed by atoms with Gasteiger partial charge in [-0.25, -0.2) is 23.9 Å². The fourth-order valence-corrected chi connectivity index (χ4v) is 4.90. The second kappa shape index (κ2) is 7.73. The maximum atomic E-state index is 13.2. The van der Waals surface area contributed by atoms with Gasteiger partial charge in [-0.15, -0.1) is 16.4 Å². The highest BCUT2D eigenvalue weighted by atomic mass is 32.1. The van der Waals surface area contributed by atoms with Gasteiger partial charge >= 0.3 is 6.18 Å². The van der Waals surface area contributed by atoms with Crippen LogP contribution in [0.4, 0.5) is 17.6 Å². The van der Waals surface area contributed by atoms with Gasteiger partial charge in [-0.3, -0.25) is 0 Å². The van der Waals surface area contributed by atoms with Crippen LogP contribution < -0.4 is 4.74 Å². The van der Waals surface area contributed by atoms with E-state index in [-0.39, 0.29) is 23.1 Å². The number of aryl methyl sites for hydroxylation is 1. The molecule has 0 saturated heterocycles. The van der Waals surface area contributed by atoms with Crippen LogP contribution in [0.5, 0.6) is 5.75 Å². The Hall–Kier alpha value is -4.06. The Bertz CT molecular complexity index is 1720. The van der Waals surface area contributed by atoms with Crippen molar-refractivity contribution in [3.8, 4) is 17.3 Å². The summed E-state index contributed by atoms with van der Waals surface area (Å²) in [6.45, 7) is 1.72. The predicted octanol–water partition coefficient (Wildman–Crippen LogP) is 6.19. The number of fused-ring (bicyclic) bond motifs is 5. The lowest BCUT2D eigenvalue weighted by molar-refractivity contribution is -0.141. The topological polar surface area (TPSA) is 78.3 Å². The van der Waals surface area contributed by atoms with E-state index in [0.717, 1.165) is 17.4 Å². The van der Waals surface area contributed by atoms with Crippen LogP contribution in [0.2, 0.25) is 0 Å². The van der Waals surface area contributed by atoms with Crippen LogP contribution in [0.3, 0.4) is 0 Å². The third kappa shape index (κ3) is 3.75. The van der Waals surface area contributed by atoms with Crippen molar-refractivity contribution >= 4 is 37.4 Å². The van der Waals surface area contributed by atoms with E-state index in [4.69, 9.17) is 9.15 Å². The second-order valence-electron chi connectivity index (χ2n) is 7.74. The number of rotatable bonds is 4. The molecule has 176 valence electrons. The van der Waals surface area contributed by atoms with Gasteiger partial charge in [-0.05, 0) is 55.0 Å². The largest absolute Gasteiger partial charge is 0.486 e. The summed E-state index contributed by atoms with van der Waals surface area (Å²) in [4.78, 5) is 13.0. The number of ether oxygens (including phenoxy) is 1. The van der Waals surface area contributed by atoms with Crippen molar-refractivity contribution in [3.05, 3.63) is 71.6 Å². The van der Waals surface area contributed by atoms with E-state index in [1.165, 1.54) is 35.1 Å². The fourth-order valence-electron chi connectivity index (χ4n) is 3.72. The van der Waals surface area contributed by atoms with Gasteiger partial charge < -0.3 is 9.15 Å². The van der Waals surface area contributed by atoms with Gasteiger partial charge in [0.15, 0.2) is 11.4 Å². The molecule has 0 aliphatic carbocycles. The molecule has 0 spiro atoms. The van der Waals surface area contributed by atoms with Gasteiger partial charge in [0.05, 0.1) is 5.52 Å². The second-order valence-corrected chi connectivity index (χ2v) is 8.74. The van der Waals surface area contributed by atoms with Gasteiger partial charge in [0, 0.05) is 5.39 Å². The number of nitrogens with zero attached hydrogens (tertiary/aromatic N) is 5. The standard InChI is InChI=1S/C23H13F4N5O2S/c1-11-8-16(23(25,26)27)29-22-17(11)18-19(35-22)21-30-20(31-32(21)10-28-18)15-7-6-14(34-15)9-33-13-4-2-12(24)3-5-13/h2-8,10H,9H2,1H3. The molecule has 0 saturated carbocycles. The van der Waals surface area contributed by atoms with E-state index in [1.807, 2.05) is 0 Å². The number of furan rings is 1. The zero-order valence-corrected chi connectivity index (χ0v) is 18.6. The molecule has 0 N–H and O–H groups in total. The third-order valence-electron chi connectivity index (χ3n) is 5.33. The highest BCUT2D eigenvalue weighted by Gasteiger charge is 2.33.